The number of ether oxygens (including phenoxy) is 4. The van der Waals surface area contributed by atoms with Gasteiger partial charge in [0, 0.05) is 27.1 Å². The van der Waals surface area contributed by atoms with E-state index in [1.54, 1.807) is 14.2 Å². The molecule has 8 atom stereocenters. The molecule has 0 bridgehead atoms. The minimum atomic E-state index is -0.600. The number of hydrogen-bond donors (Lipinski definition) is 2. The van der Waals surface area contributed by atoms with Crippen molar-refractivity contribution in [1.29, 1.82) is 0 Å². The van der Waals surface area contributed by atoms with E-state index in [1.165, 1.54) is 0 Å². The van der Waals surface area contributed by atoms with Crippen molar-refractivity contribution in [3.05, 3.63) is 0 Å². The van der Waals surface area contributed by atoms with Crippen molar-refractivity contribution in [2.24, 2.45) is 0 Å². The lowest BCUT2D eigenvalue weighted by Gasteiger charge is -2.38. The van der Waals surface area contributed by atoms with E-state index < -0.39 is 30.4 Å². The maximum atomic E-state index is 12.1. The van der Waals surface area contributed by atoms with Gasteiger partial charge >= 0.3 is 0 Å². The Morgan fingerprint density at radius 3 is 1.52 bits per heavy atom. The Morgan fingerprint density at radius 2 is 1.17 bits per heavy atom. The molecule has 0 aliphatic carbocycles. The second-order valence-corrected chi connectivity index (χ2v) is 7.72. The molecule has 10 heteroatoms. The molecule has 0 saturated carbocycles. The van der Waals surface area contributed by atoms with Crippen molar-refractivity contribution in [2.45, 2.75) is 95.8 Å². The molecule has 2 rings (SSSR count). The second kappa shape index (κ2) is 11.2. The average molecular weight is 418 g/mol. The number of carbonyl (C=O) groups excluding carboxylic acids is 2. The van der Waals surface area contributed by atoms with Crippen molar-refractivity contribution in [3.63, 3.8) is 0 Å². The van der Waals surface area contributed by atoms with E-state index in [4.69, 9.17) is 28.6 Å². The summed E-state index contributed by atoms with van der Waals surface area (Å²) < 4.78 is 22.3. The van der Waals surface area contributed by atoms with Gasteiger partial charge in [-0.2, -0.15) is 0 Å². The topological polar surface area (TPSA) is 114 Å². The summed E-state index contributed by atoms with van der Waals surface area (Å²) in [6.07, 6.45) is -0.964. The Morgan fingerprint density at radius 1 is 0.793 bits per heavy atom. The van der Waals surface area contributed by atoms with Gasteiger partial charge < -0.3 is 18.9 Å². The number of amides is 2. The van der Waals surface area contributed by atoms with Crippen LogP contribution in [0.2, 0.25) is 0 Å². The third kappa shape index (κ3) is 6.87. The van der Waals surface area contributed by atoms with Gasteiger partial charge in [-0.1, -0.05) is 0 Å². The van der Waals surface area contributed by atoms with Gasteiger partial charge in [-0.15, -0.1) is 0 Å². The predicted octanol–water partition coefficient (Wildman–Crippen LogP) is 0.634. The van der Waals surface area contributed by atoms with E-state index in [-0.39, 0.29) is 36.6 Å². The fourth-order valence-corrected chi connectivity index (χ4v) is 3.82. The van der Waals surface area contributed by atoms with Crippen LogP contribution in [-0.4, -0.2) is 74.9 Å². The number of methoxy groups -OCH3 is 2. The van der Waals surface area contributed by atoms with Gasteiger partial charge in [0.15, 0.2) is 0 Å². The summed E-state index contributed by atoms with van der Waals surface area (Å²) in [6.45, 7) is 7.60. The van der Waals surface area contributed by atoms with E-state index in [2.05, 4.69) is 11.0 Å². The highest BCUT2D eigenvalue weighted by molar-refractivity contribution is 5.95. The highest BCUT2D eigenvalue weighted by Crippen LogP contribution is 2.25. The summed E-state index contributed by atoms with van der Waals surface area (Å²) >= 11 is 0. The Bertz CT molecular complexity index is 502. The van der Waals surface area contributed by atoms with E-state index in [1.807, 2.05) is 27.7 Å². The third-order valence-electron chi connectivity index (χ3n) is 5.22. The number of hydroxylamine groups is 2. The van der Waals surface area contributed by atoms with E-state index in [0.29, 0.717) is 12.8 Å². The van der Waals surface area contributed by atoms with Crippen LogP contribution in [0.15, 0.2) is 0 Å². The van der Waals surface area contributed by atoms with Gasteiger partial charge in [0.25, 0.3) is 11.8 Å². The van der Waals surface area contributed by atoms with Crippen molar-refractivity contribution in [1.82, 2.24) is 11.0 Å². The van der Waals surface area contributed by atoms with Crippen LogP contribution in [0.3, 0.4) is 0 Å². The fraction of sp³-hybridized carbons (Fsp3) is 0.895. The summed E-state index contributed by atoms with van der Waals surface area (Å²) in [5, 5.41) is 0. The van der Waals surface area contributed by atoms with Crippen LogP contribution in [-0.2, 0) is 38.2 Å². The standard InChI is InChI=1S/C19H34N2O8/c1-10-7-14(24-5)18(12(3)26-10)28-20-16(22)9-17(23)21-29-19-13(4)27-11(2)8-15(19)25-6/h10-15,18-19H,7-9H2,1-6H3,(H,20,22)(H,21,23)/t10-,11-,12-,13-,14-,15-,18+,19+/m0/s1. The Balaban J connectivity index is 1.75. The van der Waals surface area contributed by atoms with Crippen LogP contribution in [0.25, 0.3) is 0 Å². The van der Waals surface area contributed by atoms with Gasteiger partial charge in [0.05, 0.1) is 36.6 Å². The second-order valence-electron chi connectivity index (χ2n) is 7.72. The summed E-state index contributed by atoms with van der Waals surface area (Å²) in [5.74, 6) is -1.20. The van der Waals surface area contributed by atoms with Crippen LogP contribution in [0, 0.1) is 0 Å². The summed E-state index contributed by atoms with van der Waals surface area (Å²) in [6, 6.07) is 0. The van der Waals surface area contributed by atoms with Crippen molar-refractivity contribution in [2.75, 3.05) is 14.2 Å². The molecule has 0 spiro atoms. The molecule has 0 aromatic rings. The van der Waals surface area contributed by atoms with Crippen LogP contribution >= 0.6 is 0 Å². The zero-order valence-electron chi connectivity index (χ0n) is 18.0. The quantitative estimate of drug-likeness (QED) is 0.436. The molecular weight excluding hydrogens is 384 g/mol. The molecule has 29 heavy (non-hydrogen) atoms. The highest BCUT2D eigenvalue weighted by Gasteiger charge is 2.38. The molecule has 2 aliphatic rings. The SMILES string of the molecule is CO[C@H]1C[C@H](C)O[C@@H](C)[C@H]1ONC(=O)CC(=O)NO[C@@H]1[C@H](C)O[C@@H](C)C[C@@H]1OC. The van der Waals surface area contributed by atoms with E-state index in [0.717, 1.165) is 0 Å². The van der Waals surface area contributed by atoms with Crippen LogP contribution < -0.4 is 11.0 Å². The van der Waals surface area contributed by atoms with Crippen molar-refractivity contribution in [3.8, 4) is 0 Å². The van der Waals surface area contributed by atoms with Gasteiger partial charge in [-0.3, -0.25) is 19.3 Å². The highest BCUT2D eigenvalue weighted by atomic mass is 16.7. The van der Waals surface area contributed by atoms with Crippen LogP contribution in [0.5, 0.6) is 0 Å². The first-order valence-corrected chi connectivity index (χ1v) is 10.0. The van der Waals surface area contributed by atoms with Crippen molar-refractivity contribution >= 4 is 11.8 Å². The lowest BCUT2D eigenvalue weighted by atomic mass is 9.99. The zero-order valence-corrected chi connectivity index (χ0v) is 18.0. The summed E-state index contributed by atoms with van der Waals surface area (Å²) in [4.78, 5) is 35.0. The first kappa shape index (κ1) is 24.0. The molecular formula is C19H34N2O8. The number of hydrogen-bond acceptors (Lipinski definition) is 8. The predicted molar refractivity (Wildman–Crippen MR) is 101 cm³/mol. The minimum absolute atomic E-state index is 0.0403. The Labute approximate surface area is 171 Å². The molecule has 2 heterocycles. The molecule has 0 unspecified atom stereocenters. The molecule has 0 radical (unpaired) electrons. The molecule has 2 N–H and O–H groups in total. The number of nitrogens with one attached hydrogen (secondary N) is 2. The maximum absolute atomic E-state index is 12.1. The Kier molecular flexibility index (Phi) is 9.25. The first-order chi connectivity index (χ1) is 13.7. The smallest absolute Gasteiger partial charge is 0.253 e. The summed E-state index contributed by atoms with van der Waals surface area (Å²) in [7, 11) is 3.17. The zero-order chi connectivity index (χ0) is 21.6. The number of rotatable bonds is 8. The van der Waals surface area contributed by atoms with Crippen LogP contribution in [0.1, 0.15) is 47.0 Å². The fourth-order valence-electron chi connectivity index (χ4n) is 3.82. The van der Waals surface area contributed by atoms with E-state index in [9.17, 15) is 9.59 Å². The normalized spacial score (nSPS) is 37.7. The molecule has 0 aromatic carbocycles. The lowest BCUT2D eigenvalue weighted by molar-refractivity contribution is -0.210. The number of carbonyl (C=O) groups is 2. The van der Waals surface area contributed by atoms with Gasteiger partial charge in [0.2, 0.25) is 0 Å². The van der Waals surface area contributed by atoms with Gasteiger partial charge in [-0.25, -0.2) is 11.0 Å². The van der Waals surface area contributed by atoms with Gasteiger partial charge in [0.1, 0.15) is 18.6 Å². The average Bonchev–Trinajstić information content (AvgIpc) is 2.65. The molecule has 10 nitrogen and oxygen atoms in total. The Hall–Kier alpha value is -1.30. The monoisotopic (exact) mass is 418 g/mol. The molecule has 0 aromatic heterocycles. The largest absolute Gasteiger partial charge is 0.378 e. The van der Waals surface area contributed by atoms with E-state index >= 15 is 0 Å². The molecule has 2 saturated heterocycles. The third-order valence-corrected chi connectivity index (χ3v) is 5.22. The molecule has 2 aliphatic heterocycles. The molecule has 2 fully saturated rings. The minimum Gasteiger partial charge on any atom is -0.378 e. The molecule has 2 amide bonds. The van der Waals surface area contributed by atoms with Crippen LogP contribution in [0.4, 0.5) is 0 Å². The molecule has 168 valence electrons. The van der Waals surface area contributed by atoms with Crippen molar-refractivity contribution < 1.29 is 38.2 Å². The maximum Gasteiger partial charge on any atom is 0.253 e. The summed E-state index contributed by atoms with van der Waals surface area (Å²) in [5.41, 5.74) is 4.60. The van der Waals surface area contributed by atoms with Gasteiger partial charge in [-0.05, 0) is 27.7 Å². The lowest BCUT2D eigenvalue weighted by Crippen LogP contribution is -2.52. The first-order valence-electron chi connectivity index (χ1n) is 10.0.